The summed E-state index contributed by atoms with van der Waals surface area (Å²) in [6, 6.07) is 0. The number of hydrogen-bond acceptors (Lipinski definition) is 2. The summed E-state index contributed by atoms with van der Waals surface area (Å²) in [6.07, 6.45) is 0. The molecule has 0 aliphatic heterocycles. The summed E-state index contributed by atoms with van der Waals surface area (Å²) in [6.45, 7) is 0. The minimum absolute atomic E-state index is 0. The van der Waals surface area contributed by atoms with E-state index in [1.54, 1.807) is 0 Å². The molecule has 0 aromatic carbocycles. The molecule has 0 atom stereocenters. The second-order valence-corrected chi connectivity index (χ2v) is 0. The predicted molar refractivity (Wildman–Crippen MR) is 9.63 cm³/mol. The van der Waals surface area contributed by atoms with Crippen LogP contribution in [0, 0.1) is 0 Å². The topological polar surface area (TPSA) is 60.0 Å². The van der Waals surface area contributed by atoms with E-state index in [-0.39, 0.29) is 64.5 Å². The fraction of sp³-hybridized carbons (Fsp3) is 0. The van der Waals surface area contributed by atoms with Gasteiger partial charge in [0.15, 0.2) is 0 Å². The molecule has 0 amide bonds. The summed E-state index contributed by atoms with van der Waals surface area (Å²) in [5, 5.41) is 0. The Labute approximate surface area is 63.9 Å². The third-order valence-electron chi connectivity index (χ3n) is 0. The Morgan fingerprint density at radius 2 is 0.750 bits per heavy atom. The molecule has 0 spiro atoms. The summed E-state index contributed by atoms with van der Waals surface area (Å²) < 4.78 is 0. The molecule has 0 aliphatic carbocycles. The van der Waals surface area contributed by atoms with E-state index in [1.165, 1.54) is 0 Å². The van der Waals surface area contributed by atoms with E-state index >= 15 is 0 Å². The smallest absolute Gasteiger partial charge is 0.870 e. The maximum atomic E-state index is 0. The fourth-order valence-electron chi connectivity index (χ4n) is 0. The van der Waals surface area contributed by atoms with Gasteiger partial charge in [-0.05, 0) is 0 Å². The van der Waals surface area contributed by atoms with Crippen LogP contribution in [-0.4, -0.2) is 38.3 Å². The van der Waals surface area contributed by atoms with Gasteiger partial charge >= 0.3 is 27.3 Å². The van der Waals surface area contributed by atoms with Crippen molar-refractivity contribution in [2.75, 3.05) is 0 Å². The standard InChI is InChI=1S/2H2O.Pb.Zr/h2*1H2;;/q;;+2;/p-2. The minimum Gasteiger partial charge on any atom is -0.870 e. The van der Waals surface area contributed by atoms with E-state index in [9.17, 15) is 0 Å². The first-order chi connectivity index (χ1) is 0. The quantitative estimate of drug-likeness (QED) is 0.549. The molecule has 0 aromatic heterocycles. The van der Waals surface area contributed by atoms with Gasteiger partial charge in [-0.3, -0.25) is 0 Å². The Bertz CT molecular complexity index is 6.00. The van der Waals surface area contributed by atoms with Crippen molar-refractivity contribution in [3.63, 3.8) is 0 Å². The molecule has 2 N–H and O–H groups in total. The molecule has 22 valence electrons. The third kappa shape index (κ3) is 9.30. The summed E-state index contributed by atoms with van der Waals surface area (Å²) in [5.41, 5.74) is 0. The molecule has 2 radical (unpaired) electrons. The Hall–Kier alpha value is 1.73. The van der Waals surface area contributed by atoms with Crippen molar-refractivity contribution in [2.24, 2.45) is 0 Å². The number of rotatable bonds is 0. The van der Waals surface area contributed by atoms with Crippen molar-refractivity contribution < 1.29 is 37.2 Å². The van der Waals surface area contributed by atoms with Crippen LogP contribution in [0.4, 0.5) is 0 Å². The van der Waals surface area contributed by atoms with Crippen molar-refractivity contribution in [2.45, 2.75) is 0 Å². The Morgan fingerprint density at radius 1 is 0.750 bits per heavy atom. The zero-order valence-corrected chi connectivity index (χ0v) is 8.24. The minimum atomic E-state index is 0. The molecule has 0 saturated heterocycles. The van der Waals surface area contributed by atoms with Crippen LogP contribution in [0.15, 0.2) is 0 Å². The normalized spacial score (nSPS) is 0. The van der Waals surface area contributed by atoms with Crippen molar-refractivity contribution >= 4 is 27.3 Å². The SMILES string of the molecule is [OH-].[OH-].[Pb+2].[Zr]. The van der Waals surface area contributed by atoms with Crippen molar-refractivity contribution in [1.82, 2.24) is 0 Å². The first-order valence-corrected chi connectivity index (χ1v) is 0. The van der Waals surface area contributed by atoms with E-state index in [2.05, 4.69) is 0 Å². The van der Waals surface area contributed by atoms with E-state index in [4.69, 9.17) is 0 Å². The van der Waals surface area contributed by atoms with Gasteiger partial charge in [0.2, 0.25) is 0 Å². The van der Waals surface area contributed by atoms with Gasteiger partial charge in [-0.15, -0.1) is 0 Å². The van der Waals surface area contributed by atoms with Gasteiger partial charge in [0.1, 0.15) is 0 Å². The van der Waals surface area contributed by atoms with Gasteiger partial charge < -0.3 is 11.0 Å². The second kappa shape index (κ2) is 22.0. The van der Waals surface area contributed by atoms with Gasteiger partial charge in [0.05, 0.1) is 0 Å². The van der Waals surface area contributed by atoms with Crippen molar-refractivity contribution in [3.05, 3.63) is 0 Å². The molecule has 0 bridgehead atoms. The van der Waals surface area contributed by atoms with E-state index in [1.807, 2.05) is 0 Å². The van der Waals surface area contributed by atoms with Crippen LogP contribution in [0.1, 0.15) is 0 Å². The second-order valence-electron chi connectivity index (χ2n) is 0. The van der Waals surface area contributed by atoms with E-state index in [0.29, 0.717) is 0 Å². The van der Waals surface area contributed by atoms with Gasteiger partial charge in [0.25, 0.3) is 0 Å². The molecule has 0 saturated carbocycles. The van der Waals surface area contributed by atoms with Crippen LogP contribution < -0.4 is 0 Å². The van der Waals surface area contributed by atoms with Gasteiger partial charge in [-0.2, -0.15) is 0 Å². The molecule has 4 heteroatoms. The van der Waals surface area contributed by atoms with Crippen LogP contribution in [0.5, 0.6) is 0 Å². The third-order valence-corrected chi connectivity index (χ3v) is 0. The van der Waals surface area contributed by atoms with E-state index < -0.39 is 0 Å². The summed E-state index contributed by atoms with van der Waals surface area (Å²) in [7, 11) is 0. The fourth-order valence-corrected chi connectivity index (χ4v) is 0. The van der Waals surface area contributed by atoms with Crippen LogP contribution in [0.25, 0.3) is 0 Å². The maximum absolute atomic E-state index is 0. The van der Waals surface area contributed by atoms with Crippen molar-refractivity contribution in [1.29, 1.82) is 0 Å². The van der Waals surface area contributed by atoms with Crippen LogP contribution in [0.2, 0.25) is 0 Å². The van der Waals surface area contributed by atoms with Gasteiger partial charge in [-0.1, -0.05) is 0 Å². The molecule has 0 aliphatic rings. The average molecular weight is 332 g/mol. The zero-order chi connectivity index (χ0) is 0. The van der Waals surface area contributed by atoms with Gasteiger partial charge in [0, 0.05) is 26.2 Å². The van der Waals surface area contributed by atoms with Crippen LogP contribution >= 0.6 is 0 Å². The molecule has 0 aromatic rings. The van der Waals surface area contributed by atoms with Crippen LogP contribution in [-0.2, 0) is 26.2 Å². The summed E-state index contributed by atoms with van der Waals surface area (Å²) >= 11 is 0. The molecular formula is H2O2PbZr. The average Bonchev–Trinajstić information content (AvgIpc) is 0. The molecule has 4 heavy (non-hydrogen) atoms. The van der Waals surface area contributed by atoms with Crippen LogP contribution in [0.3, 0.4) is 0 Å². The molecule has 2 nitrogen and oxygen atoms in total. The number of hydrogen-bond donors (Lipinski definition) is 0. The first kappa shape index (κ1) is 42.9. The monoisotopic (exact) mass is 332 g/mol. The Balaban J connectivity index is 0. The zero-order valence-electron chi connectivity index (χ0n) is 1.89. The molecular weight excluding hydrogens is 330 g/mol. The summed E-state index contributed by atoms with van der Waals surface area (Å²) in [4.78, 5) is 0. The summed E-state index contributed by atoms with van der Waals surface area (Å²) in [5.74, 6) is 0. The maximum Gasteiger partial charge on any atom is 2.00 e. The molecule has 0 heterocycles. The molecule has 0 unspecified atom stereocenters. The Morgan fingerprint density at radius 3 is 0.750 bits per heavy atom. The van der Waals surface area contributed by atoms with Crippen molar-refractivity contribution in [3.8, 4) is 0 Å². The predicted octanol–water partition coefficient (Wildman–Crippen LogP) is -0.737. The van der Waals surface area contributed by atoms with E-state index in [0.717, 1.165) is 0 Å². The van der Waals surface area contributed by atoms with Gasteiger partial charge in [-0.25, -0.2) is 0 Å². The molecule has 0 rings (SSSR count). The largest absolute Gasteiger partial charge is 2.00 e. The Kier molecular flexibility index (Phi) is 237. The first-order valence-electron chi connectivity index (χ1n) is 0. The molecule has 0 fully saturated rings.